The lowest BCUT2D eigenvalue weighted by atomic mass is 10.2. The van der Waals surface area contributed by atoms with E-state index in [9.17, 15) is 14.9 Å². The van der Waals surface area contributed by atoms with Gasteiger partial charge in [-0.3, -0.25) is 14.9 Å². The Bertz CT molecular complexity index is 447. The van der Waals surface area contributed by atoms with Crippen molar-refractivity contribution in [3.63, 3.8) is 0 Å². The molecule has 1 amide bonds. The van der Waals surface area contributed by atoms with E-state index in [0.29, 0.717) is 18.5 Å². The quantitative estimate of drug-likeness (QED) is 0.563. The molecule has 1 aromatic heterocycles. The summed E-state index contributed by atoms with van der Waals surface area (Å²) < 4.78 is 1.32. The first-order valence-electron chi connectivity index (χ1n) is 4.48. The summed E-state index contributed by atoms with van der Waals surface area (Å²) in [6, 6.07) is 0. The van der Waals surface area contributed by atoms with Crippen molar-refractivity contribution < 1.29 is 9.72 Å². The van der Waals surface area contributed by atoms with Gasteiger partial charge in [0, 0.05) is 0 Å². The van der Waals surface area contributed by atoms with Crippen LogP contribution in [0, 0.1) is 17.0 Å². The van der Waals surface area contributed by atoms with Gasteiger partial charge in [0.2, 0.25) is 5.91 Å². The van der Waals surface area contributed by atoms with Gasteiger partial charge in [0.05, 0.1) is 4.92 Å². The molecule has 1 heterocycles. The third kappa shape index (κ3) is 1.27. The summed E-state index contributed by atoms with van der Waals surface area (Å²) in [5.74, 6) is -0.486. The molecule has 0 spiro atoms. The van der Waals surface area contributed by atoms with Gasteiger partial charge in [0.25, 0.3) is 0 Å². The lowest BCUT2D eigenvalue weighted by Crippen LogP contribution is -2.34. The fourth-order valence-electron chi connectivity index (χ4n) is 1.56. The van der Waals surface area contributed by atoms with E-state index in [1.807, 2.05) is 0 Å². The number of aryl methyl sites for hydroxylation is 1. The van der Waals surface area contributed by atoms with Gasteiger partial charge in [-0.05, 0) is 19.8 Å². The monoisotopic (exact) mass is 210 g/mol. The van der Waals surface area contributed by atoms with Crippen molar-refractivity contribution in [2.75, 3.05) is 0 Å². The predicted molar refractivity (Wildman–Crippen MR) is 50.0 cm³/mol. The highest BCUT2D eigenvalue weighted by Gasteiger charge is 2.52. The fourth-order valence-corrected chi connectivity index (χ4v) is 1.56. The molecule has 0 saturated heterocycles. The third-order valence-electron chi connectivity index (χ3n) is 2.69. The minimum Gasteiger partial charge on any atom is -0.368 e. The fraction of sp³-hybridized carbons (Fsp3) is 0.500. The molecule has 1 aliphatic carbocycles. The van der Waals surface area contributed by atoms with Crippen LogP contribution >= 0.6 is 0 Å². The van der Waals surface area contributed by atoms with Crippen molar-refractivity contribution in [2.24, 2.45) is 5.73 Å². The molecular formula is C8H10N4O3. The zero-order valence-corrected chi connectivity index (χ0v) is 8.14. The van der Waals surface area contributed by atoms with Crippen LogP contribution in [0.5, 0.6) is 0 Å². The van der Waals surface area contributed by atoms with Crippen LogP contribution in [0.3, 0.4) is 0 Å². The van der Waals surface area contributed by atoms with E-state index < -0.39 is 16.4 Å². The summed E-state index contributed by atoms with van der Waals surface area (Å²) in [5.41, 5.74) is 4.63. The Morgan fingerprint density at radius 2 is 2.33 bits per heavy atom. The van der Waals surface area contributed by atoms with Crippen molar-refractivity contribution in [3.05, 3.63) is 22.0 Å². The molecule has 1 fully saturated rings. The van der Waals surface area contributed by atoms with Crippen LogP contribution in [0.1, 0.15) is 18.5 Å². The molecule has 2 rings (SSSR count). The molecule has 80 valence electrons. The molecule has 0 aromatic carbocycles. The molecule has 0 unspecified atom stereocenters. The Morgan fingerprint density at radius 3 is 2.67 bits per heavy atom. The Balaban J connectivity index is 2.43. The Labute approximate surface area is 85.0 Å². The number of nitrogens with zero attached hydrogens (tertiary/aromatic N) is 3. The van der Waals surface area contributed by atoms with Crippen molar-refractivity contribution in [2.45, 2.75) is 25.3 Å². The SMILES string of the molecule is Cc1nn(C2(C(N)=O)CC2)cc1[N+](=O)[O-]. The first kappa shape index (κ1) is 9.63. The van der Waals surface area contributed by atoms with Crippen molar-refractivity contribution in [1.29, 1.82) is 0 Å². The summed E-state index contributed by atoms with van der Waals surface area (Å²) in [6.45, 7) is 1.53. The number of aromatic nitrogens is 2. The van der Waals surface area contributed by atoms with Crippen molar-refractivity contribution in [1.82, 2.24) is 9.78 Å². The molecule has 1 saturated carbocycles. The highest BCUT2D eigenvalue weighted by Crippen LogP contribution is 2.43. The molecule has 0 bridgehead atoms. The van der Waals surface area contributed by atoms with E-state index in [1.165, 1.54) is 17.8 Å². The van der Waals surface area contributed by atoms with Gasteiger partial charge in [-0.25, -0.2) is 4.68 Å². The maximum absolute atomic E-state index is 11.2. The maximum atomic E-state index is 11.2. The topological polar surface area (TPSA) is 104 Å². The Morgan fingerprint density at radius 1 is 1.73 bits per heavy atom. The predicted octanol–water partition coefficient (Wildman–Crippen LogP) is 0.0741. The van der Waals surface area contributed by atoms with Gasteiger partial charge in [-0.1, -0.05) is 0 Å². The zero-order chi connectivity index (χ0) is 11.2. The summed E-state index contributed by atoms with van der Waals surface area (Å²) in [6.07, 6.45) is 2.47. The largest absolute Gasteiger partial charge is 0.368 e. The highest BCUT2D eigenvalue weighted by molar-refractivity contribution is 5.85. The lowest BCUT2D eigenvalue weighted by Gasteiger charge is -2.09. The van der Waals surface area contributed by atoms with Crippen LogP contribution in [0.15, 0.2) is 6.20 Å². The molecule has 0 radical (unpaired) electrons. The zero-order valence-electron chi connectivity index (χ0n) is 8.14. The summed E-state index contributed by atoms with van der Waals surface area (Å²) in [4.78, 5) is 21.2. The normalized spacial score (nSPS) is 17.4. The van der Waals surface area contributed by atoms with E-state index in [2.05, 4.69) is 5.10 Å². The number of nitro groups is 1. The minimum absolute atomic E-state index is 0.0810. The van der Waals surface area contributed by atoms with Crippen molar-refractivity contribution >= 4 is 11.6 Å². The number of amides is 1. The molecule has 2 N–H and O–H groups in total. The molecular weight excluding hydrogens is 200 g/mol. The average Bonchev–Trinajstić information content (AvgIpc) is 2.85. The van der Waals surface area contributed by atoms with Crippen LogP contribution in [0.25, 0.3) is 0 Å². The van der Waals surface area contributed by atoms with Crippen LogP contribution in [-0.2, 0) is 10.3 Å². The second-order valence-electron chi connectivity index (χ2n) is 3.70. The van der Waals surface area contributed by atoms with Crippen LogP contribution in [0.4, 0.5) is 5.69 Å². The number of primary amides is 1. The first-order chi connectivity index (χ1) is 6.97. The molecule has 1 aromatic rings. The smallest absolute Gasteiger partial charge is 0.309 e. The number of nitrogens with two attached hydrogens (primary N) is 1. The Kier molecular flexibility index (Phi) is 1.79. The van der Waals surface area contributed by atoms with Gasteiger partial charge >= 0.3 is 5.69 Å². The van der Waals surface area contributed by atoms with Gasteiger partial charge in [0.15, 0.2) is 0 Å². The maximum Gasteiger partial charge on any atom is 0.309 e. The number of hydrogen-bond acceptors (Lipinski definition) is 4. The van der Waals surface area contributed by atoms with Gasteiger partial charge < -0.3 is 5.73 Å². The Hall–Kier alpha value is -1.92. The third-order valence-corrected chi connectivity index (χ3v) is 2.69. The average molecular weight is 210 g/mol. The van der Waals surface area contributed by atoms with Gasteiger partial charge in [-0.15, -0.1) is 0 Å². The van der Waals surface area contributed by atoms with E-state index in [0.717, 1.165) is 0 Å². The number of carbonyl (C=O) groups is 1. The highest BCUT2D eigenvalue weighted by atomic mass is 16.6. The van der Waals surface area contributed by atoms with E-state index in [-0.39, 0.29) is 5.69 Å². The summed E-state index contributed by atoms with van der Waals surface area (Å²) in [5, 5.41) is 14.5. The van der Waals surface area contributed by atoms with Crippen molar-refractivity contribution in [3.8, 4) is 0 Å². The van der Waals surface area contributed by atoms with E-state index >= 15 is 0 Å². The molecule has 15 heavy (non-hydrogen) atoms. The van der Waals surface area contributed by atoms with Crippen LogP contribution in [0.2, 0.25) is 0 Å². The van der Waals surface area contributed by atoms with Gasteiger partial charge in [-0.2, -0.15) is 5.10 Å². The number of hydrogen-bond donors (Lipinski definition) is 1. The second kappa shape index (κ2) is 2.78. The van der Waals surface area contributed by atoms with Crippen LogP contribution in [-0.4, -0.2) is 20.6 Å². The molecule has 7 heteroatoms. The standard InChI is InChI=1S/C8H10N4O3/c1-5-6(12(14)15)4-11(10-5)8(2-3-8)7(9)13/h4H,2-3H2,1H3,(H2,9,13). The van der Waals surface area contributed by atoms with E-state index in [4.69, 9.17) is 5.73 Å². The lowest BCUT2D eigenvalue weighted by molar-refractivity contribution is -0.385. The molecule has 0 aliphatic heterocycles. The van der Waals surface area contributed by atoms with E-state index in [1.54, 1.807) is 0 Å². The van der Waals surface area contributed by atoms with Crippen LogP contribution < -0.4 is 5.73 Å². The molecule has 0 atom stereocenters. The van der Waals surface area contributed by atoms with Gasteiger partial charge in [0.1, 0.15) is 17.4 Å². The summed E-state index contributed by atoms with van der Waals surface area (Å²) >= 11 is 0. The summed E-state index contributed by atoms with van der Waals surface area (Å²) in [7, 11) is 0. The minimum atomic E-state index is -0.820. The number of rotatable bonds is 3. The molecule has 7 nitrogen and oxygen atoms in total. The molecule has 1 aliphatic rings. The first-order valence-corrected chi connectivity index (χ1v) is 4.48. The number of carbonyl (C=O) groups excluding carboxylic acids is 1. The second-order valence-corrected chi connectivity index (χ2v) is 3.70.